The fourth-order valence-corrected chi connectivity index (χ4v) is 5.84. The summed E-state index contributed by atoms with van der Waals surface area (Å²) >= 11 is 12.0. The van der Waals surface area contributed by atoms with Crippen molar-refractivity contribution in [2.75, 3.05) is 17.8 Å². The third-order valence-electron chi connectivity index (χ3n) is 5.77. The molecular weight excluding hydrogens is 493 g/mol. The van der Waals surface area contributed by atoms with Crippen molar-refractivity contribution in [2.24, 2.45) is 0 Å². The van der Waals surface area contributed by atoms with Crippen LogP contribution in [0.2, 0.25) is 10.0 Å². The topological polar surface area (TPSA) is 78.5 Å². The zero-order chi connectivity index (χ0) is 24.1. The van der Waals surface area contributed by atoms with Crippen molar-refractivity contribution in [1.82, 2.24) is 10.2 Å². The second-order valence-electron chi connectivity index (χ2n) is 8.24. The summed E-state index contributed by atoms with van der Waals surface area (Å²) in [6.07, 6.45) is 1.65. The molecule has 3 aromatic carbocycles. The third-order valence-corrected chi connectivity index (χ3v) is 7.85. The van der Waals surface area contributed by atoms with E-state index in [1.807, 2.05) is 18.2 Å². The number of piperidine rings is 1. The summed E-state index contributed by atoms with van der Waals surface area (Å²) in [6.45, 7) is 2.64. The van der Waals surface area contributed by atoms with Gasteiger partial charge in [-0.05, 0) is 48.7 Å². The first-order valence-corrected chi connectivity index (χ1v) is 13.2. The molecule has 6 nitrogen and oxygen atoms in total. The Morgan fingerprint density at radius 2 is 1.62 bits per heavy atom. The van der Waals surface area contributed by atoms with Crippen LogP contribution in [0.25, 0.3) is 0 Å². The fourth-order valence-electron chi connectivity index (χ4n) is 3.99. The van der Waals surface area contributed by atoms with E-state index in [1.54, 1.807) is 24.3 Å². The smallest absolute Gasteiger partial charge is 0.263 e. The number of likely N-dealkylation sites (tertiary alicyclic amines) is 1. The average molecular weight is 518 g/mol. The molecule has 1 heterocycles. The van der Waals surface area contributed by atoms with Crippen LogP contribution in [0.3, 0.4) is 0 Å². The molecule has 0 saturated carbocycles. The highest BCUT2D eigenvalue weighted by molar-refractivity contribution is 7.92. The van der Waals surface area contributed by atoms with E-state index in [9.17, 15) is 13.2 Å². The van der Waals surface area contributed by atoms with Crippen LogP contribution >= 0.6 is 23.2 Å². The largest absolute Gasteiger partial charge is 0.349 e. The van der Waals surface area contributed by atoms with Gasteiger partial charge in [0, 0.05) is 30.7 Å². The minimum absolute atomic E-state index is 0.0200. The monoisotopic (exact) mass is 517 g/mol. The predicted molar refractivity (Wildman–Crippen MR) is 136 cm³/mol. The molecule has 0 aromatic heterocycles. The number of hydrogen-bond acceptors (Lipinski definition) is 4. The fraction of sp³-hybridized carbons (Fsp3) is 0.240. The maximum Gasteiger partial charge on any atom is 0.263 e. The van der Waals surface area contributed by atoms with E-state index in [1.165, 1.54) is 23.8 Å². The number of sulfonamides is 1. The van der Waals surface area contributed by atoms with Gasteiger partial charge in [0.15, 0.2) is 0 Å². The molecule has 178 valence electrons. The molecular formula is C25H25Cl2N3O3S. The number of rotatable bonds is 7. The normalized spacial score (nSPS) is 15.1. The number of carbonyl (C=O) groups excluding carboxylic acids is 1. The van der Waals surface area contributed by atoms with Crippen LogP contribution in [0, 0.1) is 0 Å². The molecule has 4 rings (SSSR count). The highest BCUT2D eigenvalue weighted by Crippen LogP contribution is 2.28. The standard InChI is InChI=1S/C25H25Cl2N3O3S/c26-19-10-11-22(27)24(16-19)34(32,33)29-23-9-5-4-8-21(23)25(31)28-20-12-14-30(15-13-20)17-18-6-2-1-3-7-18/h1-11,16,20,29H,12-15,17H2,(H,28,31). The van der Waals surface area contributed by atoms with E-state index in [-0.39, 0.29) is 38.1 Å². The Balaban J connectivity index is 1.41. The zero-order valence-electron chi connectivity index (χ0n) is 18.4. The quantitative estimate of drug-likeness (QED) is 0.452. The van der Waals surface area contributed by atoms with E-state index < -0.39 is 10.0 Å². The lowest BCUT2D eigenvalue weighted by atomic mass is 10.0. The van der Waals surface area contributed by atoms with Gasteiger partial charge >= 0.3 is 0 Å². The number of benzene rings is 3. The van der Waals surface area contributed by atoms with Gasteiger partial charge in [-0.1, -0.05) is 65.7 Å². The van der Waals surface area contributed by atoms with Gasteiger partial charge in [0.1, 0.15) is 4.90 Å². The second-order valence-corrected chi connectivity index (χ2v) is 10.7. The van der Waals surface area contributed by atoms with Crippen molar-refractivity contribution in [3.8, 4) is 0 Å². The summed E-state index contributed by atoms with van der Waals surface area (Å²) in [6, 6.07) is 21.0. The molecule has 1 amide bonds. The van der Waals surface area contributed by atoms with E-state index in [0.717, 1.165) is 32.5 Å². The minimum Gasteiger partial charge on any atom is -0.349 e. The van der Waals surface area contributed by atoms with Crippen LogP contribution in [0.5, 0.6) is 0 Å². The zero-order valence-corrected chi connectivity index (χ0v) is 20.7. The molecule has 0 radical (unpaired) electrons. The summed E-state index contributed by atoms with van der Waals surface area (Å²) in [5.41, 5.74) is 1.69. The third kappa shape index (κ3) is 6.10. The molecule has 0 spiro atoms. The summed E-state index contributed by atoms with van der Waals surface area (Å²) in [4.78, 5) is 15.3. The summed E-state index contributed by atoms with van der Waals surface area (Å²) in [5, 5.41) is 3.35. The number of para-hydroxylation sites is 1. The Hall–Kier alpha value is -2.58. The van der Waals surface area contributed by atoms with Crippen LogP contribution in [0.4, 0.5) is 5.69 Å². The molecule has 1 aliphatic rings. The number of carbonyl (C=O) groups is 1. The van der Waals surface area contributed by atoms with E-state index >= 15 is 0 Å². The van der Waals surface area contributed by atoms with Crippen LogP contribution in [0.15, 0.2) is 77.7 Å². The Morgan fingerprint density at radius 1 is 0.941 bits per heavy atom. The van der Waals surface area contributed by atoms with E-state index in [4.69, 9.17) is 23.2 Å². The van der Waals surface area contributed by atoms with Gasteiger partial charge in [0.25, 0.3) is 15.9 Å². The Bertz CT molecular complexity index is 1260. The van der Waals surface area contributed by atoms with Gasteiger partial charge in [-0.25, -0.2) is 8.42 Å². The molecule has 1 aliphatic heterocycles. The first-order valence-electron chi connectivity index (χ1n) is 11.0. The second kappa shape index (κ2) is 10.8. The molecule has 34 heavy (non-hydrogen) atoms. The van der Waals surface area contributed by atoms with E-state index in [0.29, 0.717) is 0 Å². The molecule has 0 aliphatic carbocycles. The van der Waals surface area contributed by atoms with Gasteiger partial charge in [-0.15, -0.1) is 0 Å². The summed E-state index contributed by atoms with van der Waals surface area (Å²) in [7, 11) is -4.05. The summed E-state index contributed by atoms with van der Waals surface area (Å²) in [5.74, 6) is -0.322. The molecule has 9 heteroatoms. The maximum absolute atomic E-state index is 13.0. The predicted octanol–water partition coefficient (Wildman–Crippen LogP) is 5.19. The lowest BCUT2D eigenvalue weighted by molar-refractivity contribution is 0.0910. The van der Waals surface area contributed by atoms with Crippen molar-refractivity contribution < 1.29 is 13.2 Å². The van der Waals surface area contributed by atoms with Gasteiger partial charge in [0.05, 0.1) is 16.3 Å². The van der Waals surface area contributed by atoms with Gasteiger partial charge < -0.3 is 5.32 Å². The number of nitrogens with one attached hydrogen (secondary N) is 2. The number of anilines is 1. The average Bonchev–Trinajstić information content (AvgIpc) is 2.82. The first kappa shape index (κ1) is 24.5. The Kier molecular flexibility index (Phi) is 7.78. The molecule has 0 bridgehead atoms. The number of nitrogens with zero attached hydrogens (tertiary/aromatic N) is 1. The van der Waals surface area contributed by atoms with Crippen LogP contribution in [-0.2, 0) is 16.6 Å². The minimum atomic E-state index is -4.05. The maximum atomic E-state index is 13.0. The molecule has 0 unspecified atom stereocenters. The lowest BCUT2D eigenvalue weighted by Crippen LogP contribution is -2.44. The van der Waals surface area contributed by atoms with Crippen molar-refractivity contribution in [2.45, 2.75) is 30.3 Å². The number of halogens is 2. The molecule has 0 atom stereocenters. The van der Waals surface area contributed by atoms with Crippen LogP contribution in [-0.4, -0.2) is 38.4 Å². The van der Waals surface area contributed by atoms with E-state index in [2.05, 4.69) is 27.1 Å². The number of amides is 1. The highest BCUT2D eigenvalue weighted by Gasteiger charge is 2.24. The van der Waals surface area contributed by atoms with Crippen LogP contribution in [0.1, 0.15) is 28.8 Å². The van der Waals surface area contributed by atoms with Gasteiger partial charge in [-0.3, -0.25) is 14.4 Å². The van der Waals surface area contributed by atoms with Gasteiger partial charge in [-0.2, -0.15) is 0 Å². The van der Waals surface area contributed by atoms with Crippen molar-refractivity contribution in [3.05, 3.63) is 94.0 Å². The molecule has 2 N–H and O–H groups in total. The summed E-state index contributed by atoms with van der Waals surface area (Å²) < 4.78 is 28.4. The van der Waals surface area contributed by atoms with Crippen LogP contribution < -0.4 is 10.0 Å². The molecule has 1 saturated heterocycles. The Morgan fingerprint density at radius 3 is 2.35 bits per heavy atom. The first-order chi connectivity index (χ1) is 16.3. The van der Waals surface area contributed by atoms with Crippen molar-refractivity contribution >= 4 is 44.8 Å². The lowest BCUT2D eigenvalue weighted by Gasteiger charge is -2.32. The highest BCUT2D eigenvalue weighted by atomic mass is 35.5. The molecule has 3 aromatic rings. The number of hydrogen-bond donors (Lipinski definition) is 2. The van der Waals surface area contributed by atoms with Crippen molar-refractivity contribution in [1.29, 1.82) is 0 Å². The molecule has 1 fully saturated rings. The SMILES string of the molecule is O=C(NC1CCN(Cc2ccccc2)CC1)c1ccccc1NS(=O)(=O)c1cc(Cl)ccc1Cl. The Labute approximate surface area is 209 Å². The van der Waals surface area contributed by atoms with Gasteiger partial charge in [0.2, 0.25) is 0 Å². The van der Waals surface area contributed by atoms with Crippen molar-refractivity contribution in [3.63, 3.8) is 0 Å².